The van der Waals surface area contributed by atoms with Crippen LogP contribution in [0.4, 0.5) is 0 Å². The fourth-order valence-electron chi connectivity index (χ4n) is 3.83. The molecular weight excluding hydrogens is 375 g/mol. The monoisotopic (exact) mass is 398 g/mol. The number of hydrogen-bond acceptors (Lipinski definition) is 2. The lowest BCUT2D eigenvalue weighted by Crippen LogP contribution is -2.45. The van der Waals surface area contributed by atoms with Gasteiger partial charge in [-0.2, -0.15) is 0 Å². The highest BCUT2D eigenvalue weighted by molar-refractivity contribution is 14.1. The second-order valence-corrected chi connectivity index (χ2v) is 7.93. The Morgan fingerprint density at radius 1 is 1.38 bits per heavy atom. The summed E-state index contributed by atoms with van der Waals surface area (Å²) >= 11 is 2.37. The van der Waals surface area contributed by atoms with Crippen molar-refractivity contribution in [1.29, 1.82) is 0 Å². The maximum atomic E-state index is 10.5. The summed E-state index contributed by atoms with van der Waals surface area (Å²) in [4.78, 5) is 0. The van der Waals surface area contributed by atoms with Crippen LogP contribution in [0.25, 0.3) is 0 Å². The van der Waals surface area contributed by atoms with Gasteiger partial charge < -0.3 is 9.84 Å². The minimum atomic E-state index is -0.176. The molecule has 0 bridgehead atoms. The Bertz CT molecular complexity index is 589. The van der Waals surface area contributed by atoms with E-state index in [0.29, 0.717) is 11.7 Å². The number of phenols is 1. The molecule has 114 valence electrons. The van der Waals surface area contributed by atoms with Crippen molar-refractivity contribution in [3.63, 3.8) is 0 Å². The number of fused-ring (bicyclic) bond motifs is 3. The molecule has 0 aromatic heterocycles. The van der Waals surface area contributed by atoms with Crippen molar-refractivity contribution < 1.29 is 9.84 Å². The molecule has 1 aliphatic heterocycles. The van der Waals surface area contributed by atoms with E-state index in [4.69, 9.17) is 4.74 Å². The highest BCUT2D eigenvalue weighted by atomic mass is 127. The van der Waals surface area contributed by atoms with Gasteiger partial charge >= 0.3 is 0 Å². The van der Waals surface area contributed by atoms with E-state index >= 15 is 0 Å². The SMILES string of the molecule is CC1=C[C@H]2c3c(O)cc(CCI)cc3OC(C)(C)[C@@H]2CC1. The molecule has 1 N–H and O–H groups in total. The molecular formula is C18H23IO2. The molecule has 3 rings (SSSR count). The molecule has 3 heteroatoms. The number of rotatable bonds is 2. The standard InChI is InChI=1S/C18H23IO2/c1-11-4-5-14-13(8-11)17-15(20)9-12(6-7-19)10-16(17)21-18(14,2)3/h8-10,13-14,20H,4-7H2,1-3H3/t13-,14-/m1/s1. The van der Waals surface area contributed by atoms with Crippen LogP contribution in [0.2, 0.25) is 0 Å². The van der Waals surface area contributed by atoms with E-state index in [1.54, 1.807) is 0 Å². The summed E-state index contributed by atoms with van der Waals surface area (Å²) in [6.45, 7) is 6.56. The number of allylic oxidation sites excluding steroid dienone is 2. The van der Waals surface area contributed by atoms with E-state index < -0.39 is 0 Å². The number of ether oxygens (including phenoxy) is 1. The zero-order valence-corrected chi connectivity index (χ0v) is 15.1. The summed E-state index contributed by atoms with van der Waals surface area (Å²) in [5, 5.41) is 10.5. The molecule has 2 aliphatic rings. The first-order chi connectivity index (χ1) is 9.92. The van der Waals surface area contributed by atoms with Gasteiger partial charge in [0.25, 0.3) is 0 Å². The van der Waals surface area contributed by atoms with Gasteiger partial charge in [0.15, 0.2) is 0 Å². The Kier molecular flexibility index (Phi) is 3.97. The van der Waals surface area contributed by atoms with Gasteiger partial charge in [-0.25, -0.2) is 0 Å². The van der Waals surface area contributed by atoms with Crippen molar-refractivity contribution in [2.75, 3.05) is 4.43 Å². The fourth-order valence-corrected chi connectivity index (χ4v) is 4.46. The second-order valence-electron chi connectivity index (χ2n) is 6.86. The summed E-state index contributed by atoms with van der Waals surface area (Å²) in [5.41, 5.74) is 3.40. The van der Waals surface area contributed by atoms with Gasteiger partial charge in [0.1, 0.15) is 17.1 Å². The summed E-state index contributed by atoms with van der Waals surface area (Å²) in [5.74, 6) is 2.01. The van der Waals surface area contributed by atoms with Crippen LogP contribution in [0.15, 0.2) is 23.8 Å². The van der Waals surface area contributed by atoms with Gasteiger partial charge in [0.05, 0.1) is 0 Å². The lowest BCUT2D eigenvalue weighted by Gasteiger charge is -2.46. The van der Waals surface area contributed by atoms with Crippen LogP contribution < -0.4 is 4.74 Å². The molecule has 21 heavy (non-hydrogen) atoms. The number of hydrogen-bond donors (Lipinski definition) is 1. The van der Waals surface area contributed by atoms with Crippen molar-refractivity contribution in [3.05, 3.63) is 34.9 Å². The zero-order chi connectivity index (χ0) is 15.2. The predicted octanol–water partition coefficient (Wildman–Crippen LogP) is 4.98. The number of benzene rings is 1. The van der Waals surface area contributed by atoms with E-state index in [1.807, 2.05) is 6.07 Å². The van der Waals surface area contributed by atoms with Crippen LogP contribution in [-0.2, 0) is 6.42 Å². The first kappa shape index (κ1) is 15.2. The lowest BCUT2D eigenvalue weighted by molar-refractivity contribution is 0.0107. The van der Waals surface area contributed by atoms with Gasteiger partial charge in [-0.3, -0.25) is 0 Å². The molecule has 0 fully saturated rings. The van der Waals surface area contributed by atoms with Gasteiger partial charge in [0.2, 0.25) is 0 Å². The largest absolute Gasteiger partial charge is 0.507 e. The van der Waals surface area contributed by atoms with Crippen LogP contribution in [0.1, 0.15) is 50.7 Å². The average molecular weight is 398 g/mol. The number of phenolic OH excluding ortho intramolecular Hbond substituents is 1. The van der Waals surface area contributed by atoms with E-state index in [-0.39, 0.29) is 11.5 Å². The molecule has 0 saturated carbocycles. The van der Waals surface area contributed by atoms with Crippen LogP contribution in [-0.4, -0.2) is 15.1 Å². The summed E-state index contributed by atoms with van der Waals surface area (Å²) < 4.78 is 7.35. The number of aryl methyl sites for hydroxylation is 1. The third kappa shape index (κ3) is 2.69. The Hall–Kier alpha value is -0.710. The van der Waals surface area contributed by atoms with Gasteiger partial charge in [0, 0.05) is 21.8 Å². The average Bonchev–Trinajstić information content (AvgIpc) is 2.37. The van der Waals surface area contributed by atoms with Gasteiger partial charge in [-0.15, -0.1) is 0 Å². The van der Waals surface area contributed by atoms with Crippen LogP contribution >= 0.6 is 22.6 Å². The minimum Gasteiger partial charge on any atom is -0.507 e. The number of halogens is 1. The second kappa shape index (κ2) is 5.49. The number of aromatic hydroxyl groups is 1. The molecule has 1 aromatic carbocycles. The molecule has 0 amide bonds. The van der Waals surface area contributed by atoms with E-state index in [2.05, 4.69) is 55.5 Å². The lowest BCUT2D eigenvalue weighted by atomic mass is 9.68. The first-order valence-electron chi connectivity index (χ1n) is 7.70. The fraction of sp³-hybridized carbons (Fsp3) is 0.556. The van der Waals surface area contributed by atoms with E-state index in [1.165, 1.54) is 5.57 Å². The van der Waals surface area contributed by atoms with Gasteiger partial charge in [-0.05, 0) is 57.7 Å². The molecule has 1 aromatic rings. The van der Waals surface area contributed by atoms with Crippen LogP contribution in [0, 0.1) is 5.92 Å². The van der Waals surface area contributed by atoms with Crippen molar-refractivity contribution in [2.24, 2.45) is 5.92 Å². The molecule has 0 spiro atoms. The predicted molar refractivity (Wildman–Crippen MR) is 94.6 cm³/mol. The normalized spacial score (nSPS) is 26.4. The number of alkyl halides is 1. The van der Waals surface area contributed by atoms with Crippen LogP contribution in [0.5, 0.6) is 11.5 Å². The topological polar surface area (TPSA) is 29.5 Å². The Morgan fingerprint density at radius 2 is 2.14 bits per heavy atom. The third-order valence-electron chi connectivity index (χ3n) is 4.91. The summed E-state index contributed by atoms with van der Waals surface area (Å²) in [7, 11) is 0. The Morgan fingerprint density at radius 3 is 2.86 bits per heavy atom. The quantitative estimate of drug-likeness (QED) is 0.433. The Balaban J connectivity index is 2.13. The molecule has 2 nitrogen and oxygen atoms in total. The van der Waals surface area contributed by atoms with Gasteiger partial charge in [-0.1, -0.05) is 34.2 Å². The zero-order valence-electron chi connectivity index (χ0n) is 12.9. The van der Waals surface area contributed by atoms with Crippen molar-refractivity contribution in [2.45, 2.75) is 51.6 Å². The van der Waals surface area contributed by atoms with Crippen LogP contribution in [0.3, 0.4) is 0 Å². The van der Waals surface area contributed by atoms with E-state index in [9.17, 15) is 5.11 Å². The van der Waals surface area contributed by atoms with Crippen molar-refractivity contribution in [1.82, 2.24) is 0 Å². The first-order valence-corrected chi connectivity index (χ1v) is 9.23. The van der Waals surface area contributed by atoms with Crippen molar-refractivity contribution >= 4 is 22.6 Å². The summed E-state index contributed by atoms with van der Waals surface area (Å²) in [6.07, 6.45) is 5.58. The molecule has 1 heterocycles. The maximum Gasteiger partial charge on any atom is 0.127 e. The Labute approximate surface area is 140 Å². The molecule has 0 unspecified atom stereocenters. The molecule has 2 atom stereocenters. The molecule has 0 saturated heterocycles. The highest BCUT2D eigenvalue weighted by Gasteiger charge is 2.45. The van der Waals surface area contributed by atoms with Crippen molar-refractivity contribution in [3.8, 4) is 11.5 Å². The summed E-state index contributed by atoms with van der Waals surface area (Å²) in [6, 6.07) is 4.05. The molecule has 1 aliphatic carbocycles. The minimum absolute atomic E-state index is 0.176. The third-order valence-corrected chi connectivity index (χ3v) is 5.45. The highest BCUT2D eigenvalue weighted by Crippen LogP contribution is 2.53. The smallest absolute Gasteiger partial charge is 0.127 e. The maximum absolute atomic E-state index is 10.5. The van der Waals surface area contributed by atoms with E-state index in [0.717, 1.165) is 40.6 Å². The molecule has 0 radical (unpaired) electrons.